The van der Waals surface area contributed by atoms with E-state index in [-0.39, 0.29) is 18.0 Å². The first-order valence-corrected chi connectivity index (χ1v) is 7.53. The van der Waals surface area contributed by atoms with Crippen LogP contribution >= 0.6 is 0 Å². The van der Waals surface area contributed by atoms with Crippen molar-refractivity contribution in [3.05, 3.63) is 35.4 Å². The minimum Gasteiger partial charge on any atom is -0.467 e. The number of halogens is 2. The lowest BCUT2D eigenvalue weighted by atomic mass is 9.91. The normalized spacial score (nSPS) is 17.2. The molecule has 1 heterocycles. The average Bonchev–Trinajstić information content (AvgIpc) is 2.61. The molecule has 0 aromatic heterocycles. The Balaban J connectivity index is 2.20. The maximum absolute atomic E-state index is 14.1. The van der Waals surface area contributed by atoms with E-state index in [1.165, 1.54) is 6.92 Å². The molecule has 6 nitrogen and oxygen atoms in total. The number of benzene rings is 1. The van der Waals surface area contributed by atoms with Gasteiger partial charge in [0.25, 0.3) is 0 Å². The number of methoxy groups -OCH3 is 1. The van der Waals surface area contributed by atoms with Gasteiger partial charge in [0.2, 0.25) is 5.91 Å². The van der Waals surface area contributed by atoms with E-state index in [0.29, 0.717) is 26.3 Å². The Bertz CT molecular complexity index is 620. The Hall–Kier alpha value is -2.06. The van der Waals surface area contributed by atoms with Gasteiger partial charge in [0.05, 0.1) is 26.9 Å². The van der Waals surface area contributed by atoms with Crippen LogP contribution in [0.1, 0.15) is 12.5 Å². The van der Waals surface area contributed by atoms with Gasteiger partial charge >= 0.3 is 5.97 Å². The largest absolute Gasteiger partial charge is 0.467 e. The maximum atomic E-state index is 14.1. The molecule has 1 amide bonds. The molecule has 0 aliphatic carbocycles. The van der Waals surface area contributed by atoms with Gasteiger partial charge in [-0.1, -0.05) is 0 Å². The van der Waals surface area contributed by atoms with Crippen LogP contribution in [0.3, 0.4) is 0 Å². The van der Waals surface area contributed by atoms with E-state index >= 15 is 0 Å². The second-order valence-electron chi connectivity index (χ2n) is 5.59. The van der Waals surface area contributed by atoms with Crippen LogP contribution in [0.5, 0.6) is 0 Å². The van der Waals surface area contributed by atoms with E-state index in [0.717, 1.165) is 25.3 Å². The first-order chi connectivity index (χ1) is 11.4. The molecule has 24 heavy (non-hydrogen) atoms. The zero-order chi connectivity index (χ0) is 17.7. The van der Waals surface area contributed by atoms with Crippen molar-refractivity contribution in [1.82, 2.24) is 10.2 Å². The summed E-state index contributed by atoms with van der Waals surface area (Å²) in [6, 6.07) is 2.80. The number of ether oxygens (including phenoxy) is 2. The molecule has 0 saturated carbocycles. The highest BCUT2D eigenvalue weighted by molar-refractivity contribution is 5.84. The molecule has 0 spiro atoms. The van der Waals surface area contributed by atoms with Gasteiger partial charge in [0.15, 0.2) is 0 Å². The number of rotatable bonds is 5. The lowest BCUT2D eigenvalue weighted by Crippen LogP contribution is -2.53. The molecule has 1 saturated heterocycles. The third-order valence-corrected chi connectivity index (χ3v) is 4.02. The minimum atomic E-state index is -1.69. The minimum absolute atomic E-state index is 0.218. The second kappa shape index (κ2) is 7.67. The number of esters is 1. The molecule has 2 rings (SSSR count). The van der Waals surface area contributed by atoms with Gasteiger partial charge in [-0.15, -0.1) is 0 Å². The van der Waals surface area contributed by atoms with Crippen LogP contribution in [-0.2, 0) is 24.6 Å². The number of carbonyl (C=O) groups is 2. The topological polar surface area (TPSA) is 67.9 Å². The first-order valence-electron chi connectivity index (χ1n) is 7.53. The number of nitrogens with one attached hydrogen (secondary N) is 1. The summed E-state index contributed by atoms with van der Waals surface area (Å²) in [5.41, 5.74) is -1.91. The number of morpholine rings is 1. The fourth-order valence-corrected chi connectivity index (χ4v) is 2.54. The molecule has 1 aliphatic heterocycles. The number of hydrogen-bond donors (Lipinski definition) is 1. The van der Waals surface area contributed by atoms with Crippen molar-refractivity contribution in [2.75, 3.05) is 40.0 Å². The Morgan fingerprint density at radius 3 is 2.62 bits per heavy atom. The molecule has 0 unspecified atom stereocenters. The molecule has 1 aromatic carbocycles. The fourth-order valence-electron chi connectivity index (χ4n) is 2.54. The summed E-state index contributed by atoms with van der Waals surface area (Å²) in [6.07, 6.45) is 0. The molecule has 1 N–H and O–H groups in total. The molecule has 8 heteroatoms. The highest BCUT2D eigenvalue weighted by Gasteiger charge is 2.39. The monoisotopic (exact) mass is 342 g/mol. The van der Waals surface area contributed by atoms with E-state index in [4.69, 9.17) is 9.47 Å². The van der Waals surface area contributed by atoms with Gasteiger partial charge < -0.3 is 14.4 Å². The molecular formula is C16H20F2N2O4. The van der Waals surface area contributed by atoms with Crippen molar-refractivity contribution in [3.63, 3.8) is 0 Å². The third kappa shape index (κ3) is 3.88. The average molecular weight is 342 g/mol. The highest BCUT2D eigenvalue weighted by atomic mass is 19.1. The summed E-state index contributed by atoms with van der Waals surface area (Å²) in [5.74, 6) is -2.54. The molecule has 1 fully saturated rings. The SMILES string of the molecule is COC(=O)[C@](C)(NCC(=O)N1CCOCC1)c1cc(F)ccc1F. The van der Waals surface area contributed by atoms with Crippen molar-refractivity contribution < 1.29 is 27.8 Å². The predicted octanol–water partition coefficient (Wildman–Crippen LogP) is 0.801. The Morgan fingerprint density at radius 1 is 1.33 bits per heavy atom. The van der Waals surface area contributed by atoms with Crippen LogP contribution in [0.4, 0.5) is 8.78 Å². The van der Waals surface area contributed by atoms with Gasteiger partial charge in [0, 0.05) is 18.7 Å². The summed E-state index contributed by atoms with van der Waals surface area (Å²) in [4.78, 5) is 26.0. The zero-order valence-corrected chi connectivity index (χ0v) is 13.6. The van der Waals surface area contributed by atoms with E-state index in [2.05, 4.69) is 5.32 Å². The second-order valence-corrected chi connectivity index (χ2v) is 5.59. The standard InChI is InChI=1S/C16H20F2N2O4/c1-16(15(22)23-2,12-9-11(17)3-4-13(12)18)19-10-14(21)20-5-7-24-8-6-20/h3-4,9,19H,5-8,10H2,1-2H3/t16-/m1/s1. The number of nitrogens with zero attached hydrogens (tertiary/aromatic N) is 1. The molecule has 132 valence electrons. The van der Waals surface area contributed by atoms with E-state index in [9.17, 15) is 18.4 Å². The molecule has 1 atom stereocenters. The van der Waals surface area contributed by atoms with E-state index < -0.39 is 23.1 Å². The third-order valence-electron chi connectivity index (χ3n) is 4.02. The van der Waals surface area contributed by atoms with Gasteiger partial charge in [-0.2, -0.15) is 0 Å². The fraction of sp³-hybridized carbons (Fsp3) is 0.500. The predicted molar refractivity (Wildman–Crippen MR) is 81.1 cm³/mol. The van der Waals surface area contributed by atoms with Crippen molar-refractivity contribution in [2.45, 2.75) is 12.5 Å². The Labute approximate surface area is 138 Å². The van der Waals surface area contributed by atoms with Crippen LogP contribution in [0.2, 0.25) is 0 Å². The van der Waals surface area contributed by atoms with Crippen LogP contribution < -0.4 is 5.32 Å². The summed E-state index contributed by atoms with van der Waals surface area (Å²) in [7, 11) is 1.14. The maximum Gasteiger partial charge on any atom is 0.330 e. The zero-order valence-electron chi connectivity index (χ0n) is 13.6. The smallest absolute Gasteiger partial charge is 0.330 e. The van der Waals surface area contributed by atoms with Gasteiger partial charge in [-0.05, 0) is 25.1 Å². The van der Waals surface area contributed by atoms with Gasteiger partial charge in [-0.3, -0.25) is 10.1 Å². The Kier molecular flexibility index (Phi) is 5.84. The first kappa shape index (κ1) is 18.3. The number of carbonyl (C=O) groups excluding carboxylic acids is 2. The van der Waals surface area contributed by atoms with Crippen molar-refractivity contribution >= 4 is 11.9 Å². The molecular weight excluding hydrogens is 322 g/mol. The quantitative estimate of drug-likeness (QED) is 0.802. The van der Waals surface area contributed by atoms with Crippen molar-refractivity contribution in [1.29, 1.82) is 0 Å². The summed E-state index contributed by atoms with van der Waals surface area (Å²) in [5, 5.41) is 2.72. The lowest BCUT2D eigenvalue weighted by Gasteiger charge is -2.31. The summed E-state index contributed by atoms with van der Waals surface area (Å²) >= 11 is 0. The van der Waals surface area contributed by atoms with Gasteiger partial charge in [0.1, 0.15) is 17.2 Å². The van der Waals surface area contributed by atoms with Crippen LogP contribution in [0.25, 0.3) is 0 Å². The Morgan fingerprint density at radius 2 is 2.00 bits per heavy atom. The number of hydrogen-bond acceptors (Lipinski definition) is 5. The van der Waals surface area contributed by atoms with Crippen molar-refractivity contribution in [3.8, 4) is 0 Å². The summed E-state index contributed by atoms with van der Waals surface area (Å²) < 4.78 is 37.5. The highest BCUT2D eigenvalue weighted by Crippen LogP contribution is 2.26. The van der Waals surface area contributed by atoms with Crippen LogP contribution in [-0.4, -0.2) is 56.7 Å². The molecule has 1 aliphatic rings. The lowest BCUT2D eigenvalue weighted by molar-refractivity contribution is -0.149. The van der Waals surface area contributed by atoms with E-state index in [1.54, 1.807) is 4.90 Å². The van der Waals surface area contributed by atoms with Crippen LogP contribution in [0, 0.1) is 11.6 Å². The summed E-state index contributed by atoms with van der Waals surface area (Å²) in [6.45, 7) is 2.91. The van der Waals surface area contributed by atoms with Crippen molar-refractivity contribution in [2.24, 2.45) is 0 Å². The number of amides is 1. The molecule has 0 bridgehead atoms. The van der Waals surface area contributed by atoms with Gasteiger partial charge in [-0.25, -0.2) is 13.6 Å². The van der Waals surface area contributed by atoms with Crippen LogP contribution in [0.15, 0.2) is 18.2 Å². The van der Waals surface area contributed by atoms with E-state index in [1.807, 2.05) is 0 Å². The molecule has 0 radical (unpaired) electrons. The molecule has 1 aromatic rings.